The number of rotatable bonds is 6. The van der Waals surface area contributed by atoms with Gasteiger partial charge < -0.3 is 5.73 Å². The van der Waals surface area contributed by atoms with E-state index in [2.05, 4.69) is 5.43 Å². The summed E-state index contributed by atoms with van der Waals surface area (Å²) in [6.45, 7) is 0.638. The molecule has 1 amide bonds. The van der Waals surface area contributed by atoms with Crippen molar-refractivity contribution >= 4 is 17.7 Å². The minimum atomic E-state index is -0.252. The molecular weight excluding hydrogens is 222 g/mol. The summed E-state index contributed by atoms with van der Waals surface area (Å²) in [6.07, 6.45) is 0.895. The van der Waals surface area contributed by atoms with Crippen LogP contribution in [0.5, 0.6) is 0 Å². The molecule has 0 aromatic heterocycles. The number of hydrazine groups is 1. The largest absolute Gasteiger partial charge is 0.330 e. The van der Waals surface area contributed by atoms with Gasteiger partial charge in [-0.25, -0.2) is 5.84 Å². The first-order valence-corrected chi connectivity index (χ1v) is 6.21. The number of nitrogens with one attached hydrogen (secondary N) is 1. The Morgan fingerprint density at radius 1 is 1.38 bits per heavy atom. The number of hydrogen-bond donors (Lipinski definition) is 3. The fourth-order valence-electron chi connectivity index (χ4n) is 1.31. The zero-order valence-corrected chi connectivity index (χ0v) is 9.87. The van der Waals surface area contributed by atoms with Crippen LogP contribution in [-0.4, -0.2) is 18.2 Å². The number of carbonyl (C=O) groups is 1. The van der Waals surface area contributed by atoms with Gasteiger partial charge in [0.2, 0.25) is 0 Å². The molecule has 1 rings (SSSR count). The van der Waals surface area contributed by atoms with E-state index in [-0.39, 0.29) is 11.2 Å². The summed E-state index contributed by atoms with van der Waals surface area (Å²) in [6, 6.07) is 9.60. The molecule has 1 aromatic carbocycles. The molecule has 1 unspecified atom stereocenters. The summed E-state index contributed by atoms with van der Waals surface area (Å²) >= 11 is 1.56. The smallest absolute Gasteiger partial charge is 0.251 e. The minimum absolute atomic E-state index is 0.173. The van der Waals surface area contributed by atoms with Crippen LogP contribution in [0.25, 0.3) is 0 Å². The van der Waals surface area contributed by atoms with Crippen molar-refractivity contribution < 1.29 is 4.79 Å². The highest BCUT2D eigenvalue weighted by Crippen LogP contribution is 2.28. The van der Waals surface area contributed by atoms with Gasteiger partial charge in [-0.3, -0.25) is 10.2 Å². The summed E-state index contributed by atoms with van der Waals surface area (Å²) in [5, 5.41) is -0.252. The summed E-state index contributed by atoms with van der Waals surface area (Å²) in [5.41, 5.74) is 8.59. The lowest BCUT2D eigenvalue weighted by molar-refractivity contribution is -0.120. The quantitative estimate of drug-likeness (QED) is 0.297. The monoisotopic (exact) mass is 239 g/mol. The molecule has 0 saturated heterocycles. The van der Waals surface area contributed by atoms with Gasteiger partial charge in [0.1, 0.15) is 5.25 Å². The molecule has 0 radical (unpaired) electrons. The average Bonchev–Trinajstić information content (AvgIpc) is 2.35. The third-order valence-corrected chi connectivity index (χ3v) is 3.46. The highest BCUT2D eigenvalue weighted by atomic mass is 32.2. The van der Waals surface area contributed by atoms with Gasteiger partial charge in [-0.15, -0.1) is 11.8 Å². The molecule has 0 saturated carbocycles. The summed E-state index contributed by atoms with van der Waals surface area (Å²) in [7, 11) is 0. The standard InChI is InChI=1S/C11H17N3OS/c12-7-4-8-16-10(11(15)14-13)9-5-2-1-3-6-9/h1-3,5-6,10H,4,7-8,12-13H2,(H,14,15). The van der Waals surface area contributed by atoms with Crippen LogP contribution in [0.4, 0.5) is 0 Å². The van der Waals surface area contributed by atoms with Crippen LogP contribution in [0.3, 0.4) is 0 Å². The van der Waals surface area contributed by atoms with Crippen LogP contribution in [-0.2, 0) is 4.79 Å². The maximum atomic E-state index is 11.6. The third kappa shape index (κ3) is 3.84. The van der Waals surface area contributed by atoms with E-state index in [9.17, 15) is 4.79 Å². The second kappa shape index (κ2) is 7.27. The molecule has 0 aliphatic rings. The Bertz CT molecular complexity index is 318. The average molecular weight is 239 g/mol. The van der Waals surface area contributed by atoms with E-state index in [1.54, 1.807) is 11.8 Å². The first-order chi connectivity index (χ1) is 7.79. The molecule has 0 heterocycles. The molecule has 1 aromatic rings. The van der Waals surface area contributed by atoms with Crippen molar-refractivity contribution in [3.05, 3.63) is 35.9 Å². The van der Waals surface area contributed by atoms with Gasteiger partial charge in [-0.1, -0.05) is 30.3 Å². The number of thioether (sulfide) groups is 1. The Kier molecular flexibility index (Phi) is 5.92. The summed E-state index contributed by atoms with van der Waals surface area (Å²) in [5.74, 6) is 5.85. The predicted octanol–water partition coefficient (Wildman–Crippen LogP) is 0.800. The van der Waals surface area contributed by atoms with Crippen LogP contribution in [0, 0.1) is 0 Å². The zero-order valence-electron chi connectivity index (χ0n) is 9.06. The number of benzene rings is 1. The number of carbonyl (C=O) groups excluding carboxylic acids is 1. The van der Waals surface area contributed by atoms with E-state index in [4.69, 9.17) is 11.6 Å². The summed E-state index contributed by atoms with van der Waals surface area (Å²) in [4.78, 5) is 11.6. The lowest BCUT2D eigenvalue weighted by Crippen LogP contribution is -2.33. The molecule has 0 spiro atoms. The fraction of sp³-hybridized carbons (Fsp3) is 0.364. The van der Waals surface area contributed by atoms with Gasteiger partial charge in [0, 0.05) is 0 Å². The van der Waals surface area contributed by atoms with Crippen molar-refractivity contribution in [2.24, 2.45) is 11.6 Å². The summed E-state index contributed by atoms with van der Waals surface area (Å²) < 4.78 is 0. The van der Waals surface area contributed by atoms with Gasteiger partial charge in [0.15, 0.2) is 0 Å². The van der Waals surface area contributed by atoms with Gasteiger partial charge in [0.05, 0.1) is 0 Å². The molecule has 0 bridgehead atoms. The Morgan fingerprint density at radius 2 is 2.06 bits per heavy atom. The van der Waals surface area contributed by atoms with Crippen molar-refractivity contribution in [3.8, 4) is 0 Å². The van der Waals surface area contributed by atoms with Crippen molar-refractivity contribution in [1.29, 1.82) is 0 Å². The molecule has 88 valence electrons. The highest BCUT2D eigenvalue weighted by molar-refractivity contribution is 8.00. The van der Waals surface area contributed by atoms with Crippen molar-refractivity contribution in [2.75, 3.05) is 12.3 Å². The van der Waals surface area contributed by atoms with Gasteiger partial charge in [-0.05, 0) is 24.3 Å². The van der Waals surface area contributed by atoms with Crippen molar-refractivity contribution in [1.82, 2.24) is 5.43 Å². The molecule has 5 heteroatoms. The second-order valence-electron chi connectivity index (χ2n) is 3.31. The predicted molar refractivity (Wildman–Crippen MR) is 67.6 cm³/mol. The number of hydrogen-bond acceptors (Lipinski definition) is 4. The topological polar surface area (TPSA) is 81.1 Å². The maximum absolute atomic E-state index is 11.6. The lowest BCUT2D eigenvalue weighted by atomic mass is 10.1. The number of amides is 1. The Hall–Kier alpha value is -1.04. The third-order valence-electron chi connectivity index (χ3n) is 2.12. The van der Waals surface area contributed by atoms with Crippen LogP contribution in [0.1, 0.15) is 17.2 Å². The van der Waals surface area contributed by atoms with Crippen LogP contribution < -0.4 is 17.0 Å². The van der Waals surface area contributed by atoms with Crippen molar-refractivity contribution in [2.45, 2.75) is 11.7 Å². The van der Waals surface area contributed by atoms with E-state index in [0.717, 1.165) is 17.7 Å². The Balaban J connectivity index is 2.68. The molecule has 5 N–H and O–H groups in total. The molecule has 0 aliphatic carbocycles. The maximum Gasteiger partial charge on any atom is 0.251 e. The first kappa shape index (κ1) is 13.0. The minimum Gasteiger partial charge on any atom is -0.330 e. The van der Waals surface area contributed by atoms with Crippen molar-refractivity contribution in [3.63, 3.8) is 0 Å². The van der Waals surface area contributed by atoms with Gasteiger partial charge in [0.25, 0.3) is 5.91 Å². The first-order valence-electron chi connectivity index (χ1n) is 5.16. The van der Waals surface area contributed by atoms with E-state index in [1.165, 1.54) is 0 Å². The highest BCUT2D eigenvalue weighted by Gasteiger charge is 2.19. The molecule has 0 aliphatic heterocycles. The zero-order chi connectivity index (χ0) is 11.8. The van der Waals surface area contributed by atoms with E-state index >= 15 is 0 Å². The van der Waals surface area contributed by atoms with Gasteiger partial charge in [-0.2, -0.15) is 0 Å². The lowest BCUT2D eigenvalue weighted by Gasteiger charge is -2.14. The van der Waals surface area contributed by atoms with E-state index in [0.29, 0.717) is 6.54 Å². The molecule has 4 nitrogen and oxygen atoms in total. The second-order valence-corrected chi connectivity index (χ2v) is 4.53. The van der Waals surface area contributed by atoms with Gasteiger partial charge >= 0.3 is 0 Å². The fourth-order valence-corrected chi connectivity index (χ4v) is 2.45. The molecular formula is C11H17N3OS. The Morgan fingerprint density at radius 3 is 2.62 bits per heavy atom. The molecule has 1 atom stereocenters. The van der Waals surface area contributed by atoms with Crippen LogP contribution >= 0.6 is 11.8 Å². The molecule has 16 heavy (non-hydrogen) atoms. The SMILES string of the molecule is NCCCSC(C(=O)NN)c1ccccc1. The number of nitrogens with two attached hydrogens (primary N) is 2. The van der Waals surface area contributed by atoms with Crippen LogP contribution in [0.15, 0.2) is 30.3 Å². The van der Waals surface area contributed by atoms with E-state index in [1.807, 2.05) is 30.3 Å². The normalized spacial score (nSPS) is 12.1. The van der Waals surface area contributed by atoms with Crippen LogP contribution in [0.2, 0.25) is 0 Å². The Labute approximate surface area is 99.7 Å². The molecule has 0 fully saturated rings. The van der Waals surface area contributed by atoms with E-state index < -0.39 is 0 Å².